The van der Waals surface area contributed by atoms with Crippen LogP contribution < -0.4 is 0 Å². The quantitative estimate of drug-likeness (QED) is 0.846. The van der Waals surface area contributed by atoms with Crippen LogP contribution in [0, 0.1) is 0 Å². The first-order chi connectivity index (χ1) is 9.67. The Morgan fingerprint density at radius 3 is 2.30 bits per heavy atom. The summed E-state index contributed by atoms with van der Waals surface area (Å²) in [6, 6.07) is 0.0433. The standard InChI is InChI=1S/C12H20N6O2/c1-3-16(4-2)12(20)18-7-5-17(6-8-18)11(19)10-13-9-14-15-10/h9H,3-8H2,1-2H3,(H,13,14,15). The second-order valence-corrected chi connectivity index (χ2v) is 4.57. The molecule has 0 aromatic carbocycles. The SMILES string of the molecule is CCN(CC)C(=O)N1CCN(C(=O)c2ncn[nH]2)CC1. The van der Waals surface area contributed by atoms with Gasteiger partial charge in [-0.2, -0.15) is 5.10 Å². The number of carbonyl (C=O) groups excluding carboxylic acids is 2. The van der Waals surface area contributed by atoms with Crippen molar-refractivity contribution in [2.24, 2.45) is 0 Å². The maximum absolute atomic E-state index is 12.2. The number of aromatic amines is 1. The fourth-order valence-corrected chi connectivity index (χ4v) is 2.25. The van der Waals surface area contributed by atoms with Gasteiger partial charge in [0.05, 0.1) is 0 Å². The molecular formula is C12H20N6O2. The van der Waals surface area contributed by atoms with Crippen molar-refractivity contribution in [3.63, 3.8) is 0 Å². The maximum Gasteiger partial charge on any atom is 0.320 e. The Bertz CT molecular complexity index is 449. The molecule has 8 nitrogen and oxygen atoms in total. The number of urea groups is 1. The molecule has 0 aliphatic carbocycles. The van der Waals surface area contributed by atoms with Gasteiger partial charge in [-0.05, 0) is 13.8 Å². The molecule has 1 aliphatic heterocycles. The number of amides is 3. The van der Waals surface area contributed by atoms with Crippen molar-refractivity contribution in [1.29, 1.82) is 0 Å². The molecule has 3 amide bonds. The van der Waals surface area contributed by atoms with E-state index in [0.717, 1.165) is 0 Å². The van der Waals surface area contributed by atoms with Crippen LogP contribution in [0.4, 0.5) is 4.79 Å². The molecule has 20 heavy (non-hydrogen) atoms. The topological polar surface area (TPSA) is 85.4 Å². The highest BCUT2D eigenvalue weighted by Gasteiger charge is 2.27. The Hall–Kier alpha value is -2.12. The van der Waals surface area contributed by atoms with E-state index in [4.69, 9.17) is 0 Å². The number of H-pyrrole nitrogens is 1. The smallest absolute Gasteiger partial charge is 0.320 e. The minimum Gasteiger partial charge on any atom is -0.332 e. The van der Waals surface area contributed by atoms with Crippen LogP contribution in [-0.2, 0) is 0 Å². The summed E-state index contributed by atoms with van der Waals surface area (Å²) in [6.07, 6.45) is 1.31. The Morgan fingerprint density at radius 1 is 1.20 bits per heavy atom. The van der Waals surface area contributed by atoms with Crippen molar-refractivity contribution < 1.29 is 9.59 Å². The lowest BCUT2D eigenvalue weighted by Gasteiger charge is -2.36. The summed E-state index contributed by atoms with van der Waals surface area (Å²) < 4.78 is 0. The van der Waals surface area contributed by atoms with Gasteiger partial charge < -0.3 is 14.7 Å². The first-order valence-corrected chi connectivity index (χ1v) is 6.85. The van der Waals surface area contributed by atoms with Crippen LogP contribution in [-0.4, -0.2) is 81.1 Å². The first-order valence-electron chi connectivity index (χ1n) is 6.85. The Morgan fingerprint density at radius 2 is 1.80 bits per heavy atom. The summed E-state index contributed by atoms with van der Waals surface area (Å²) in [4.78, 5) is 33.4. The Labute approximate surface area is 117 Å². The maximum atomic E-state index is 12.2. The fraction of sp³-hybridized carbons (Fsp3) is 0.667. The molecule has 0 bridgehead atoms. The minimum atomic E-state index is -0.169. The number of carbonyl (C=O) groups is 2. The van der Waals surface area contributed by atoms with E-state index in [1.54, 1.807) is 14.7 Å². The number of aromatic nitrogens is 3. The second-order valence-electron chi connectivity index (χ2n) is 4.57. The van der Waals surface area contributed by atoms with Crippen LogP contribution >= 0.6 is 0 Å². The summed E-state index contributed by atoms with van der Waals surface area (Å²) in [7, 11) is 0. The van der Waals surface area contributed by atoms with Crippen LogP contribution in [0.3, 0.4) is 0 Å². The van der Waals surface area contributed by atoms with Crippen molar-refractivity contribution in [2.75, 3.05) is 39.3 Å². The second kappa shape index (κ2) is 6.36. The molecular weight excluding hydrogens is 260 g/mol. The van der Waals surface area contributed by atoms with E-state index in [1.807, 2.05) is 13.8 Å². The Balaban J connectivity index is 1.89. The van der Waals surface area contributed by atoms with Crippen molar-refractivity contribution in [3.8, 4) is 0 Å². The van der Waals surface area contributed by atoms with Gasteiger partial charge in [-0.3, -0.25) is 9.89 Å². The van der Waals surface area contributed by atoms with Gasteiger partial charge in [0.2, 0.25) is 5.82 Å². The molecule has 1 aliphatic rings. The molecule has 1 N–H and O–H groups in total. The van der Waals surface area contributed by atoms with Gasteiger partial charge in [-0.25, -0.2) is 9.78 Å². The summed E-state index contributed by atoms with van der Waals surface area (Å²) in [6.45, 7) is 7.47. The van der Waals surface area contributed by atoms with Crippen molar-refractivity contribution in [1.82, 2.24) is 29.9 Å². The zero-order valence-corrected chi connectivity index (χ0v) is 11.9. The normalized spacial score (nSPS) is 15.3. The number of piperazine rings is 1. The van der Waals surface area contributed by atoms with E-state index in [0.29, 0.717) is 39.3 Å². The number of hydrogen-bond donors (Lipinski definition) is 1. The Kier molecular flexibility index (Phi) is 4.54. The van der Waals surface area contributed by atoms with E-state index in [2.05, 4.69) is 15.2 Å². The number of hydrogen-bond acceptors (Lipinski definition) is 4. The van der Waals surface area contributed by atoms with E-state index in [9.17, 15) is 9.59 Å². The molecule has 110 valence electrons. The third-order valence-electron chi connectivity index (χ3n) is 3.49. The summed E-state index contributed by atoms with van der Waals surface area (Å²) >= 11 is 0. The lowest BCUT2D eigenvalue weighted by atomic mass is 10.3. The predicted molar refractivity (Wildman–Crippen MR) is 72.2 cm³/mol. The summed E-state index contributed by atoms with van der Waals surface area (Å²) in [5, 5.41) is 6.24. The van der Waals surface area contributed by atoms with Gasteiger partial charge in [0.1, 0.15) is 6.33 Å². The molecule has 1 aromatic rings. The van der Waals surface area contributed by atoms with E-state index in [1.165, 1.54) is 6.33 Å². The van der Waals surface area contributed by atoms with E-state index < -0.39 is 0 Å². The molecule has 8 heteroatoms. The third kappa shape index (κ3) is 2.89. The highest BCUT2D eigenvalue weighted by atomic mass is 16.2. The average molecular weight is 280 g/mol. The summed E-state index contributed by atoms with van der Waals surface area (Å²) in [5.41, 5.74) is 0. The van der Waals surface area contributed by atoms with Gasteiger partial charge in [-0.1, -0.05) is 0 Å². The zero-order valence-electron chi connectivity index (χ0n) is 11.9. The van der Waals surface area contributed by atoms with Crippen LogP contribution in [0.1, 0.15) is 24.5 Å². The number of nitrogens with zero attached hydrogens (tertiary/aromatic N) is 5. The molecule has 1 fully saturated rings. The lowest BCUT2D eigenvalue weighted by Crippen LogP contribution is -2.54. The van der Waals surface area contributed by atoms with Crippen LogP contribution in [0.2, 0.25) is 0 Å². The molecule has 0 saturated carbocycles. The molecule has 0 unspecified atom stereocenters. The monoisotopic (exact) mass is 280 g/mol. The van der Waals surface area contributed by atoms with Gasteiger partial charge in [0.25, 0.3) is 5.91 Å². The molecule has 0 spiro atoms. The van der Waals surface area contributed by atoms with E-state index in [-0.39, 0.29) is 17.8 Å². The molecule has 1 aromatic heterocycles. The van der Waals surface area contributed by atoms with Crippen LogP contribution in [0.5, 0.6) is 0 Å². The molecule has 1 saturated heterocycles. The molecule has 2 heterocycles. The van der Waals surface area contributed by atoms with Gasteiger partial charge >= 0.3 is 6.03 Å². The minimum absolute atomic E-state index is 0.0433. The third-order valence-corrected chi connectivity index (χ3v) is 3.49. The van der Waals surface area contributed by atoms with Crippen LogP contribution in [0.25, 0.3) is 0 Å². The van der Waals surface area contributed by atoms with Gasteiger partial charge in [-0.15, -0.1) is 0 Å². The average Bonchev–Trinajstić information content (AvgIpc) is 3.02. The van der Waals surface area contributed by atoms with Crippen LogP contribution in [0.15, 0.2) is 6.33 Å². The lowest BCUT2D eigenvalue weighted by molar-refractivity contribution is 0.0630. The number of nitrogens with one attached hydrogen (secondary N) is 1. The highest BCUT2D eigenvalue weighted by molar-refractivity contribution is 5.90. The molecule has 2 rings (SSSR count). The first kappa shape index (κ1) is 14.3. The highest BCUT2D eigenvalue weighted by Crippen LogP contribution is 2.08. The fourth-order valence-electron chi connectivity index (χ4n) is 2.25. The van der Waals surface area contributed by atoms with Crippen molar-refractivity contribution >= 4 is 11.9 Å². The van der Waals surface area contributed by atoms with E-state index >= 15 is 0 Å². The van der Waals surface area contributed by atoms with Crippen molar-refractivity contribution in [3.05, 3.63) is 12.2 Å². The summed E-state index contributed by atoms with van der Waals surface area (Å²) in [5.74, 6) is 0.0750. The zero-order chi connectivity index (χ0) is 14.5. The molecule has 0 radical (unpaired) electrons. The number of rotatable bonds is 3. The van der Waals surface area contributed by atoms with Crippen molar-refractivity contribution in [2.45, 2.75) is 13.8 Å². The largest absolute Gasteiger partial charge is 0.332 e. The van der Waals surface area contributed by atoms with Gasteiger partial charge in [0.15, 0.2) is 0 Å². The van der Waals surface area contributed by atoms with Gasteiger partial charge in [0, 0.05) is 39.3 Å². The molecule has 0 atom stereocenters. The predicted octanol–water partition coefficient (Wildman–Crippen LogP) is 0.0243.